The van der Waals surface area contributed by atoms with Crippen LogP contribution in [0.4, 0.5) is 0 Å². The highest BCUT2D eigenvalue weighted by Crippen LogP contribution is 2.30. The second-order valence-corrected chi connectivity index (χ2v) is 5.61. The molecule has 0 radical (unpaired) electrons. The van der Waals surface area contributed by atoms with Gasteiger partial charge in [0.2, 0.25) is 0 Å². The summed E-state index contributed by atoms with van der Waals surface area (Å²) in [5, 5.41) is 14.7. The molecule has 0 bridgehead atoms. The van der Waals surface area contributed by atoms with Crippen molar-refractivity contribution in [3.05, 3.63) is 21.4 Å². The first kappa shape index (κ1) is 12.4. The maximum atomic E-state index is 8.38. The highest BCUT2D eigenvalue weighted by atomic mass is 32.1. The van der Waals surface area contributed by atoms with Gasteiger partial charge in [0.15, 0.2) is 0 Å². The van der Waals surface area contributed by atoms with E-state index in [0.717, 1.165) is 19.5 Å². The maximum Gasteiger partial charge on any atom is 0.139 e. The smallest absolute Gasteiger partial charge is 0.139 e. The van der Waals surface area contributed by atoms with Crippen molar-refractivity contribution in [1.82, 2.24) is 5.32 Å². The van der Waals surface area contributed by atoms with Gasteiger partial charge in [0.05, 0.1) is 0 Å². The van der Waals surface area contributed by atoms with Gasteiger partial charge >= 0.3 is 0 Å². The summed E-state index contributed by atoms with van der Waals surface area (Å²) in [6, 6.07) is 2.34. The normalized spacial score (nSPS) is 15.2. The Morgan fingerprint density at radius 2 is 2.41 bits per heavy atom. The van der Waals surface area contributed by atoms with Gasteiger partial charge in [0, 0.05) is 22.7 Å². The van der Waals surface area contributed by atoms with Crippen LogP contribution in [0.2, 0.25) is 0 Å². The first-order valence-electron chi connectivity index (χ1n) is 6.07. The number of rotatable bonds is 6. The fraction of sp³-hybridized carbons (Fsp3) is 0.583. The van der Waals surface area contributed by atoms with E-state index in [9.17, 15) is 0 Å². The summed E-state index contributed by atoms with van der Waals surface area (Å²) in [5.41, 5.74) is 6.95. The number of hydrogen-bond donors (Lipinski definition) is 3. The van der Waals surface area contributed by atoms with E-state index < -0.39 is 0 Å². The van der Waals surface area contributed by atoms with Gasteiger partial charge in [0.25, 0.3) is 0 Å². The van der Waals surface area contributed by atoms with E-state index in [0.29, 0.717) is 12.3 Å². The average Bonchev–Trinajstić information content (AvgIpc) is 2.88. The Kier molecular flexibility index (Phi) is 4.39. The Morgan fingerprint density at radius 3 is 3.18 bits per heavy atom. The number of nitrogens with one attached hydrogen (secondary N) is 1. The van der Waals surface area contributed by atoms with Gasteiger partial charge in [-0.1, -0.05) is 5.16 Å². The average molecular weight is 253 g/mol. The molecule has 5 heteroatoms. The van der Waals surface area contributed by atoms with Crippen molar-refractivity contribution in [2.24, 2.45) is 10.9 Å². The van der Waals surface area contributed by atoms with Crippen LogP contribution in [-0.4, -0.2) is 17.6 Å². The van der Waals surface area contributed by atoms with Crippen molar-refractivity contribution in [3.63, 3.8) is 0 Å². The summed E-state index contributed by atoms with van der Waals surface area (Å²) in [5.74, 6) is 0.307. The molecule has 0 spiro atoms. The van der Waals surface area contributed by atoms with Crippen molar-refractivity contribution < 1.29 is 5.21 Å². The molecule has 1 heterocycles. The molecule has 1 aliphatic carbocycles. The van der Waals surface area contributed by atoms with Gasteiger partial charge in [-0.15, -0.1) is 11.3 Å². The molecule has 1 aromatic rings. The molecule has 4 nitrogen and oxygen atoms in total. The molecular weight excluding hydrogens is 234 g/mol. The molecule has 0 aliphatic heterocycles. The lowest BCUT2D eigenvalue weighted by Gasteiger charge is -2.02. The standard InChI is InChI=1S/C12H19N3OS/c13-12(15-16)5-2-6-14-8-10-7-9-3-1-4-11(9)17-10/h7,14,16H,1-6,8H2,(H2,13,15). The molecule has 0 aromatic carbocycles. The molecule has 0 amide bonds. The second-order valence-electron chi connectivity index (χ2n) is 4.39. The monoisotopic (exact) mass is 253 g/mol. The minimum atomic E-state index is 0.307. The SMILES string of the molecule is NC(CCCNCc1cc2c(s1)CCC2)=NO. The maximum absolute atomic E-state index is 8.38. The van der Waals surface area contributed by atoms with Crippen molar-refractivity contribution in [1.29, 1.82) is 0 Å². The summed E-state index contributed by atoms with van der Waals surface area (Å²) in [4.78, 5) is 3.01. The summed E-state index contributed by atoms with van der Waals surface area (Å²) in [6.07, 6.45) is 5.40. The van der Waals surface area contributed by atoms with Gasteiger partial charge < -0.3 is 16.3 Å². The third-order valence-electron chi connectivity index (χ3n) is 3.01. The van der Waals surface area contributed by atoms with E-state index in [1.807, 2.05) is 11.3 Å². The number of amidine groups is 1. The minimum absolute atomic E-state index is 0.307. The molecule has 2 rings (SSSR count). The van der Waals surface area contributed by atoms with Crippen LogP contribution in [0.25, 0.3) is 0 Å². The van der Waals surface area contributed by atoms with Crippen molar-refractivity contribution in [2.75, 3.05) is 6.54 Å². The Morgan fingerprint density at radius 1 is 1.53 bits per heavy atom. The summed E-state index contributed by atoms with van der Waals surface area (Å²) in [6.45, 7) is 1.84. The molecule has 0 atom stereocenters. The number of oxime groups is 1. The van der Waals surface area contributed by atoms with E-state index in [1.165, 1.54) is 24.1 Å². The van der Waals surface area contributed by atoms with Crippen molar-refractivity contribution in [2.45, 2.75) is 38.6 Å². The lowest BCUT2D eigenvalue weighted by atomic mass is 10.2. The van der Waals surface area contributed by atoms with Crippen LogP contribution in [0.3, 0.4) is 0 Å². The summed E-state index contributed by atoms with van der Waals surface area (Å²) >= 11 is 1.94. The molecule has 1 aliphatic rings. The molecule has 17 heavy (non-hydrogen) atoms. The van der Waals surface area contributed by atoms with Crippen LogP contribution in [0, 0.1) is 0 Å². The fourth-order valence-electron chi connectivity index (χ4n) is 2.13. The molecule has 0 fully saturated rings. The highest BCUT2D eigenvalue weighted by Gasteiger charge is 2.14. The fourth-order valence-corrected chi connectivity index (χ4v) is 3.36. The van der Waals surface area contributed by atoms with Crippen molar-refractivity contribution in [3.8, 4) is 0 Å². The second kappa shape index (κ2) is 6.02. The van der Waals surface area contributed by atoms with Crippen LogP contribution in [0.15, 0.2) is 11.2 Å². The van der Waals surface area contributed by atoms with E-state index in [1.54, 1.807) is 10.4 Å². The van der Waals surface area contributed by atoms with Gasteiger partial charge in [-0.3, -0.25) is 0 Å². The number of hydrogen-bond acceptors (Lipinski definition) is 4. The van der Waals surface area contributed by atoms with Crippen LogP contribution < -0.4 is 11.1 Å². The number of fused-ring (bicyclic) bond motifs is 1. The lowest BCUT2D eigenvalue weighted by Crippen LogP contribution is -2.18. The predicted molar refractivity (Wildman–Crippen MR) is 70.7 cm³/mol. The van der Waals surface area contributed by atoms with E-state index in [2.05, 4.69) is 16.5 Å². The Hall–Kier alpha value is -1.07. The first-order chi connectivity index (χ1) is 8.29. The minimum Gasteiger partial charge on any atom is -0.409 e. The summed E-state index contributed by atoms with van der Waals surface area (Å²) < 4.78 is 0. The molecule has 4 N–H and O–H groups in total. The molecular formula is C12H19N3OS. The zero-order chi connectivity index (χ0) is 12.1. The topological polar surface area (TPSA) is 70.6 Å². The predicted octanol–water partition coefficient (Wildman–Crippen LogP) is 1.85. The highest BCUT2D eigenvalue weighted by molar-refractivity contribution is 7.12. The van der Waals surface area contributed by atoms with Gasteiger partial charge in [0.1, 0.15) is 5.84 Å². The largest absolute Gasteiger partial charge is 0.409 e. The van der Waals surface area contributed by atoms with E-state index in [4.69, 9.17) is 10.9 Å². The Bertz CT molecular complexity index is 379. The first-order valence-corrected chi connectivity index (χ1v) is 6.89. The van der Waals surface area contributed by atoms with Crippen molar-refractivity contribution >= 4 is 17.2 Å². The number of nitrogens with two attached hydrogens (primary N) is 1. The van der Waals surface area contributed by atoms with Crippen LogP contribution in [0.1, 0.15) is 34.6 Å². The van der Waals surface area contributed by atoms with Gasteiger partial charge in [-0.05, 0) is 43.9 Å². The zero-order valence-corrected chi connectivity index (χ0v) is 10.7. The number of thiophene rings is 1. The number of aryl methyl sites for hydroxylation is 2. The molecule has 0 saturated carbocycles. The molecule has 1 aromatic heterocycles. The molecule has 0 unspecified atom stereocenters. The third kappa shape index (κ3) is 3.44. The zero-order valence-electron chi connectivity index (χ0n) is 9.91. The summed E-state index contributed by atoms with van der Waals surface area (Å²) in [7, 11) is 0. The molecule has 0 saturated heterocycles. The quantitative estimate of drug-likeness (QED) is 0.238. The Labute approximate surface area is 106 Å². The van der Waals surface area contributed by atoms with Crippen LogP contribution in [0.5, 0.6) is 0 Å². The lowest BCUT2D eigenvalue weighted by molar-refractivity contribution is 0.316. The third-order valence-corrected chi connectivity index (χ3v) is 4.25. The van der Waals surface area contributed by atoms with Crippen LogP contribution in [-0.2, 0) is 19.4 Å². The van der Waals surface area contributed by atoms with Gasteiger partial charge in [-0.2, -0.15) is 0 Å². The van der Waals surface area contributed by atoms with E-state index in [-0.39, 0.29) is 0 Å². The molecule has 94 valence electrons. The van der Waals surface area contributed by atoms with E-state index >= 15 is 0 Å². The number of nitrogens with zero attached hydrogens (tertiary/aromatic N) is 1. The van der Waals surface area contributed by atoms with Gasteiger partial charge in [-0.25, -0.2) is 0 Å². The van der Waals surface area contributed by atoms with Crippen LogP contribution >= 0.6 is 11.3 Å². The Balaban J connectivity index is 1.65.